The van der Waals surface area contributed by atoms with Crippen molar-refractivity contribution in [1.29, 1.82) is 0 Å². The van der Waals surface area contributed by atoms with E-state index in [1.807, 2.05) is 13.0 Å². The van der Waals surface area contributed by atoms with E-state index in [-0.39, 0.29) is 12.6 Å². The van der Waals surface area contributed by atoms with E-state index in [0.717, 1.165) is 0 Å². The summed E-state index contributed by atoms with van der Waals surface area (Å²) in [5.74, 6) is 0.593. The molecule has 0 radical (unpaired) electrons. The number of urea groups is 1. The number of anilines is 1. The Morgan fingerprint density at radius 2 is 2.11 bits per heavy atom. The van der Waals surface area contributed by atoms with Crippen molar-refractivity contribution in [3.8, 4) is 5.75 Å². The molecule has 0 aliphatic carbocycles. The van der Waals surface area contributed by atoms with Gasteiger partial charge in [-0.15, -0.1) is 0 Å². The van der Waals surface area contributed by atoms with Gasteiger partial charge in [-0.3, -0.25) is 0 Å². The normalized spacial score (nSPS) is 13.6. The molecule has 0 aliphatic heterocycles. The summed E-state index contributed by atoms with van der Waals surface area (Å²) < 4.78 is 5.12. The number of nitrogens with one attached hydrogen (secondary N) is 2. The summed E-state index contributed by atoms with van der Waals surface area (Å²) in [4.78, 5) is 11.7. The summed E-state index contributed by atoms with van der Waals surface area (Å²) in [6, 6.07) is 6.77. The van der Waals surface area contributed by atoms with Crippen molar-refractivity contribution >= 4 is 11.7 Å². The average molecular weight is 252 g/mol. The molecule has 1 aromatic carbocycles. The van der Waals surface area contributed by atoms with Crippen LogP contribution in [0.25, 0.3) is 0 Å². The number of amides is 2. The minimum Gasteiger partial charge on any atom is -0.495 e. The quantitative estimate of drug-likeness (QED) is 0.750. The Hall–Kier alpha value is -1.75. The van der Waals surface area contributed by atoms with Crippen molar-refractivity contribution < 1.29 is 14.6 Å². The van der Waals surface area contributed by atoms with Gasteiger partial charge < -0.3 is 20.5 Å². The molecular weight excluding hydrogens is 232 g/mol. The maximum atomic E-state index is 11.7. The molecule has 100 valence electrons. The number of hydrogen-bond acceptors (Lipinski definition) is 3. The van der Waals surface area contributed by atoms with Crippen molar-refractivity contribution in [2.45, 2.75) is 25.9 Å². The van der Waals surface area contributed by atoms with Crippen LogP contribution in [-0.2, 0) is 0 Å². The number of methoxy groups -OCH3 is 1. The zero-order chi connectivity index (χ0) is 13.6. The number of benzene rings is 1. The van der Waals surface area contributed by atoms with E-state index >= 15 is 0 Å². The highest BCUT2D eigenvalue weighted by molar-refractivity contribution is 5.90. The molecular formula is C13H20N2O3. The van der Waals surface area contributed by atoms with Crippen LogP contribution in [0.5, 0.6) is 5.75 Å². The topological polar surface area (TPSA) is 70.6 Å². The van der Waals surface area contributed by atoms with E-state index in [0.29, 0.717) is 17.9 Å². The van der Waals surface area contributed by atoms with Gasteiger partial charge in [0.15, 0.2) is 0 Å². The molecule has 0 aliphatic rings. The summed E-state index contributed by atoms with van der Waals surface area (Å²) in [5, 5.41) is 15.1. The lowest BCUT2D eigenvalue weighted by Gasteiger charge is -2.21. The van der Waals surface area contributed by atoms with Crippen LogP contribution in [0.2, 0.25) is 0 Å². The SMILES string of the molecule is CCC(C)(O)CNC(=O)Nc1ccccc1OC. The summed E-state index contributed by atoms with van der Waals surface area (Å²) in [6.07, 6.45) is 0.571. The molecule has 0 saturated carbocycles. The van der Waals surface area contributed by atoms with Gasteiger partial charge in [-0.25, -0.2) is 4.79 Å². The standard InChI is InChI=1S/C13H20N2O3/c1-4-13(2,17)9-14-12(16)15-10-7-5-6-8-11(10)18-3/h5-8,17H,4,9H2,1-3H3,(H2,14,15,16). The van der Waals surface area contributed by atoms with Crippen LogP contribution in [-0.4, -0.2) is 30.4 Å². The average Bonchev–Trinajstić information content (AvgIpc) is 2.37. The second kappa shape index (κ2) is 6.26. The van der Waals surface area contributed by atoms with Crippen molar-refractivity contribution in [1.82, 2.24) is 5.32 Å². The molecule has 2 amide bonds. The molecule has 0 aromatic heterocycles. The number of ether oxygens (including phenoxy) is 1. The van der Waals surface area contributed by atoms with Crippen molar-refractivity contribution in [3.05, 3.63) is 24.3 Å². The third-order valence-corrected chi connectivity index (χ3v) is 2.75. The smallest absolute Gasteiger partial charge is 0.319 e. The molecule has 1 unspecified atom stereocenters. The summed E-state index contributed by atoms with van der Waals surface area (Å²) in [7, 11) is 1.54. The maximum absolute atomic E-state index is 11.7. The van der Waals surface area contributed by atoms with Crippen LogP contribution >= 0.6 is 0 Å². The molecule has 5 heteroatoms. The van der Waals surface area contributed by atoms with Crippen LogP contribution < -0.4 is 15.4 Å². The Labute approximate surface area is 107 Å². The Bertz CT molecular complexity index is 405. The van der Waals surface area contributed by atoms with Crippen molar-refractivity contribution in [2.75, 3.05) is 19.0 Å². The second-order valence-corrected chi connectivity index (χ2v) is 4.36. The zero-order valence-electron chi connectivity index (χ0n) is 11.0. The molecule has 0 spiro atoms. The van der Waals surface area contributed by atoms with E-state index in [4.69, 9.17) is 4.74 Å². The molecule has 0 bridgehead atoms. The van der Waals surface area contributed by atoms with E-state index < -0.39 is 5.60 Å². The Morgan fingerprint density at radius 1 is 1.44 bits per heavy atom. The largest absolute Gasteiger partial charge is 0.495 e. The lowest BCUT2D eigenvalue weighted by molar-refractivity contribution is 0.0587. The van der Waals surface area contributed by atoms with Gasteiger partial charge in [0.05, 0.1) is 18.4 Å². The third-order valence-electron chi connectivity index (χ3n) is 2.75. The number of para-hydroxylation sites is 2. The van der Waals surface area contributed by atoms with Gasteiger partial charge >= 0.3 is 6.03 Å². The van der Waals surface area contributed by atoms with E-state index in [9.17, 15) is 9.90 Å². The number of rotatable bonds is 5. The van der Waals surface area contributed by atoms with Gasteiger partial charge in [-0.2, -0.15) is 0 Å². The molecule has 1 aromatic rings. The molecule has 0 heterocycles. The Morgan fingerprint density at radius 3 is 2.72 bits per heavy atom. The number of hydrogen-bond donors (Lipinski definition) is 3. The van der Waals surface area contributed by atoms with Gasteiger partial charge in [0, 0.05) is 6.54 Å². The molecule has 5 nitrogen and oxygen atoms in total. The molecule has 18 heavy (non-hydrogen) atoms. The van der Waals surface area contributed by atoms with Gasteiger partial charge in [-0.1, -0.05) is 19.1 Å². The molecule has 3 N–H and O–H groups in total. The first kappa shape index (κ1) is 14.3. The van der Waals surface area contributed by atoms with E-state index in [1.54, 1.807) is 32.2 Å². The van der Waals surface area contributed by atoms with E-state index in [2.05, 4.69) is 10.6 Å². The number of carbonyl (C=O) groups is 1. The number of carbonyl (C=O) groups excluding carboxylic acids is 1. The highest BCUT2D eigenvalue weighted by atomic mass is 16.5. The minimum atomic E-state index is -0.891. The predicted molar refractivity (Wildman–Crippen MR) is 70.9 cm³/mol. The maximum Gasteiger partial charge on any atom is 0.319 e. The lowest BCUT2D eigenvalue weighted by atomic mass is 10.0. The fraction of sp³-hybridized carbons (Fsp3) is 0.462. The first-order valence-corrected chi connectivity index (χ1v) is 5.89. The van der Waals surface area contributed by atoms with Crippen LogP contribution in [0, 0.1) is 0 Å². The molecule has 1 rings (SSSR count). The summed E-state index contributed by atoms with van der Waals surface area (Å²) in [5.41, 5.74) is -0.299. The molecule has 0 saturated heterocycles. The van der Waals surface area contributed by atoms with Gasteiger partial charge in [0.1, 0.15) is 5.75 Å². The highest BCUT2D eigenvalue weighted by Gasteiger charge is 2.18. The van der Waals surface area contributed by atoms with Gasteiger partial charge in [0.25, 0.3) is 0 Å². The first-order valence-electron chi connectivity index (χ1n) is 5.89. The second-order valence-electron chi connectivity index (χ2n) is 4.36. The summed E-state index contributed by atoms with van der Waals surface area (Å²) >= 11 is 0. The molecule has 0 fully saturated rings. The zero-order valence-corrected chi connectivity index (χ0v) is 11.0. The fourth-order valence-corrected chi connectivity index (χ4v) is 1.31. The van der Waals surface area contributed by atoms with Crippen molar-refractivity contribution in [2.24, 2.45) is 0 Å². The first-order chi connectivity index (χ1) is 8.48. The predicted octanol–water partition coefficient (Wildman–Crippen LogP) is 1.98. The Balaban J connectivity index is 2.55. The van der Waals surface area contributed by atoms with Crippen LogP contribution in [0.1, 0.15) is 20.3 Å². The highest BCUT2D eigenvalue weighted by Crippen LogP contribution is 2.22. The van der Waals surface area contributed by atoms with Crippen molar-refractivity contribution in [3.63, 3.8) is 0 Å². The van der Waals surface area contributed by atoms with Gasteiger partial charge in [-0.05, 0) is 25.5 Å². The van der Waals surface area contributed by atoms with Crippen LogP contribution in [0.15, 0.2) is 24.3 Å². The number of aliphatic hydroxyl groups is 1. The molecule has 1 atom stereocenters. The van der Waals surface area contributed by atoms with Gasteiger partial charge in [0.2, 0.25) is 0 Å². The monoisotopic (exact) mass is 252 g/mol. The third kappa shape index (κ3) is 4.25. The lowest BCUT2D eigenvalue weighted by Crippen LogP contribution is -2.41. The van der Waals surface area contributed by atoms with Crippen LogP contribution in [0.4, 0.5) is 10.5 Å². The summed E-state index contributed by atoms with van der Waals surface area (Å²) in [6.45, 7) is 3.74. The Kier molecular flexibility index (Phi) is 4.97. The minimum absolute atomic E-state index is 0.199. The van der Waals surface area contributed by atoms with E-state index in [1.165, 1.54) is 0 Å². The van der Waals surface area contributed by atoms with Crippen LogP contribution in [0.3, 0.4) is 0 Å². The fourth-order valence-electron chi connectivity index (χ4n) is 1.31.